The van der Waals surface area contributed by atoms with Gasteiger partial charge in [-0.05, 0) is 12.1 Å². The fraction of sp³-hybridized carbons (Fsp3) is 0.500. The van der Waals surface area contributed by atoms with E-state index in [0.717, 1.165) is 0 Å². The molecule has 0 spiro atoms. The molecule has 1 aromatic heterocycles. The molecule has 6 nitrogen and oxygen atoms in total. The summed E-state index contributed by atoms with van der Waals surface area (Å²) in [6.45, 7) is 0.0403. The van der Waals surface area contributed by atoms with Crippen molar-refractivity contribution in [1.82, 2.24) is 0 Å². The number of hydrogen-bond donors (Lipinski definition) is 1. The van der Waals surface area contributed by atoms with Gasteiger partial charge < -0.3 is 14.3 Å². The van der Waals surface area contributed by atoms with Gasteiger partial charge in [-0.2, -0.15) is 8.42 Å². The molecule has 0 aliphatic carbocycles. The molecule has 0 bridgehead atoms. The summed E-state index contributed by atoms with van der Waals surface area (Å²) in [7, 11) is -3.81. The highest BCUT2D eigenvalue weighted by atomic mass is 32.2. The topological polar surface area (TPSA) is 86.0 Å². The van der Waals surface area contributed by atoms with Gasteiger partial charge in [-0.15, -0.1) is 0 Å². The molecule has 0 amide bonds. The van der Waals surface area contributed by atoms with Crippen LogP contribution in [0.25, 0.3) is 0 Å². The van der Waals surface area contributed by atoms with Gasteiger partial charge in [0.1, 0.15) is 0 Å². The first-order valence-corrected chi connectivity index (χ1v) is 5.69. The average molecular weight is 236 g/mol. The summed E-state index contributed by atoms with van der Waals surface area (Å²) in [4.78, 5) is 0. The highest BCUT2D eigenvalue weighted by Crippen LogP contribution is 2.11. The molecule has 1 heterocycles. The number of rotatable bonds is 7. The van der Waals surface area contributed by atoms with E-state index >= 15 is 0 Å². The molecule has 0 aromatic carbocycles. The Morgan fingerprint density at radius 2 is 2.13 bits per heavy atom. The molecule has 1 N–H and O–H groups in total. The van der Waals surface area contributed by atoms with Crippen LogP contribution < -0.4 is 0 Å². The lowest BCUT2D eigenvalue weighted by Crippen LogP contribution is -2.12. The molecule has 0 saturated heterocycles. The smallest absolute Gasteiger partial charge is 0.330 e. The van der Waals surface area contributed by atoms with E-state index in [0.29, 0.717) is 0 Å². The maximum absolute atomic E-state index is 11.3. The predicted molar refractivity (Wildman–Crippen MR) is 49.8 cm³/mol. The molecule has 0 unspecified atom stereocenters. The summed E-state index contributed by atoms with van der Waals surface area (Å²) in [5, 5.41) is 8.14. The Morgan fingerprint density at radius 1 is 1.33 bits per heavy atom. The van der Waals surface area contributed by atoms with Crippen molar-refractivity contribution >= 4 is 10.1 Å². The number of hydrogen-bond acceptors (Lipinski definition) is 6. The Morgan fingerprint density at radius 3 is 2.73 bits per heavy atom. The van der Waals surface area contributed by atoms with Gasteiger partial charge >= 0.3 is 10.1 Å². The van der Waals surface area contributed by atoms with E-state index in [2.05, 4.69) is 8.60 Å². The summed E-state index contributed by atoms with van der Waals surface area (Å²) in [6.07, 6.45) is 1.25. The maximum atomic E-state index is 11.3. The van der Waals surface area contributed by atoms with E-state index in [1.54, 1.807) is 0 Å². The van der Waals surface area contributed by atoms with Gasteiger partial charge in [0.05, 0.1) is 32.7 Å². The molecule has 0 fully saturated rings. The second-order valence-electron chi connectivity index (χ2n) is 2.54. The van der Waals surface area contributed by atoms with Crippen molar-refractivity contribution in [1.29, 1.82) is 0 Å². The zero-order valence-corrected chi connectivity index (χ0v) is 8.77. The fourth-order valence-corrected chi connectivity index (χ4v) is 1.66. The Labute approximate surface area is 87.5 Å². The van der Waals surface area contributed by atoms with E-state index in [4.69, 9.17) is 9.84 Å². The van der Waals surface area contributed by atoms with Crippen LogP contribution in [0.15, 0.2) is 27.9 Å². The van der Waals surface area contributed by atoms with Crippen LogP contribution in [-0.4, -0.2) is 40.0 Å². The Bertz CT molecular complexity index is 354. The van der Waals surface area contributed by atoms with Gasteiger partial charge in [0.25, 0.3) is 0 Å². The second-order valence-corrected chi connectivity index (χ2v) is 4.09. The van der Waals surface area contributed by atoms with E-state index in [1.807, 2.05) is 0 Å². The van der Waals surface area contributed by atoms with Crippen molar-refractivity contribution in [2.24, 2.45) is 0 Å². The number of aliphatic hydroxyl groups is 1. The van der Waals surface area contributed by atoms with Gasteiger partial charge in [-0.3, -0.25) is 4.18 Å². The Hall–Kier alpha value is -0.890. The molecule has 86 valence electrons. The Kier molecular flexibility index (Phi) is 4.76. The molecule has 0 saturated carbocycles. The quantitative estimate of drug-likeness (QED) is 0.529. The Balaban J connectivity index is 2.32. The number of furan rings is 1. The minimum Gasteiger partial charge on any atom is -0.451 e. The van der Waals surface area contributed by atoms with Crippen molar-refractivity contribution in [3.63, 3.8) is 0 Å². The van der Waals surface area contributed by atoms with E-state index in [9.17, 15) is 8.42 Å². The molecule has 15 heavy (non-hydrogen) atoms. The van der Waals surface area contributed by atoms with E-state index in [1.165, 1.54) is 18.4 Å². The summed E-state index contributed by atoms with van der Waals surface area (Å²) >= 11 is 0. The monoisotopic (exact) mass is 236 g/mol. The zero-order valence-electron chi connectivity index (χ0n) is 7.96. The molecular weight excluding hydrogens is 224 g/mol. The van der Waals surface area contributed by atoms with Gasteiger partial charge in [0.2, 0.25) is 5.09 Å². The lowest BCUT2D eigenvalue weighted by molar-refractivity contribution is 0.0714. The summed E-state index contributed by atoms with van der Waals surface area (Å²) in [6, 6.07) is 2.75. The molecule has 0 radical (unpaired) electrons. The molecule has 0 aliphatic rings. The van der Waals surface area contributed by atoms with Gasteiger partial charge in [-0.1, -0.05) is 0 Å². The first-order chi connectivity index (χ1) is 7.17. The lowest BCUT2D eigenvalue weighted by atomic mass is 10.7. The van der Waals surface area contributed by atoms with E-state index < -0.39 is 10.1 Å². The van der Waals surface area contributed by atoms with Crippen LogP contribution in [-0.2, 0) is 19.0 Å². The zero-order chi connectivity index (χ0) is 11.1. The lowest BCUT2D eigenvalue weighted by Gasteiger charge is -2.03. The average Bonchev–Trinajstić information content (AvgIpc) is 2.70. The molecule has 7 heteroatoms. The summed E-state index contributed by atoms with van der Waals surface area (Å²) in [5.74, 6) is 0. The first-order valence-electron chi connectivity index (χ1n) is 4.28. The third-order valence-electron chi connectivity index (χ3n) is 1.44. The predicted octanol–water partition coefficient (Wildman–Crippen LogP) is -0.00620. The second kappa shape index (κ2) is 5.86. The fourth-order valence-electron chi connectivity index (χ4n) is 0.833. The standard InChI is InChI=1S/C8H12O6S/c9-3-5-12-6-7-14-15(10,11)8-2-1-4-13-8/h1-2,4,9H,3,5-7H2. The highest BCUT2D eigenvalue weighted by molar-refractivity contribution is 7.86. The van der Waals surface area contributed by atoms with Crippen molar-refractivity contribution in [3.05, 3.63) is 18.4 Å². The van der Waals surface area contributed by atoms with Crippen LogP contribution in [0.2, 0.25) is 0 Å². The highest BCUT2D eigenvalue weighted by Gasteiger charge is 2.17. The van der Waals surface area contributed by atoms with Crippen LogP contribution in [0.1, 0.15) is 0 Å². The minimum atomic E-state index is -3.81. The van der Waals surface area contributed by atoms with Gasteiger partial charge in [0.15, 0.2) is 0 Å². The van der Waals surface area contributed by atoms with Gasteiger partial charge in [0, 0.05) is 0 Å². The van der Waals surface area contributed by atoms with Crippen LogP contribution in [0, 0.1) is 0 Å². The minimum absolute atomic E-state index is 0.0977. The van der Waals surface area contributed by atoms with Crippen molar-refractivity contribution in [3.8, 4) is 0 Å². The van der Waals surface area contributed by atoms with Gasteiger partial charge in [-0.25, -0.2) is 0 Å². The summed E-state index contributed by atoms with van der Waals surface area (Å²) in [5.41, 5.74) is 0. The molecule has 0 aliphatic heterocycles. The van der Waals surface area contributed by atoms with Crippen LogP contribution in [0.3, 0.4) is 0 Å². The largest absolute Gasteiger partial charge is 0.451 e. The molecule has 1 rings (SSSR count). The van der Waals surface area contributed by atoms with Crippen molar-refractivity contribution in [2.45, 2.75) is 5.09 Å². The van der Waals surface area contributed by atoms with Crippen LogP contribution in [0.4, 0.5) is 0 Å². The first kappa shape index (κ1) is 12.2. The third kappa shape index (κ3) is 4.00. The van der Waals surface area contributed by atoms with Crippen LogP contribution in [0.5, 0.6) is 0 Å². The molecular formula is C8H12O6S. The maximum Gasteiger partial charge on any atom is 0.330 e. The number of ether oxygens (including phenoxy) is 1. The van der Waals surface area contributed by atoms with Crippen LogP contribution >= 0.6 is 0 Å². The number of aliphatic hydroxyl groups excluding tert-OH is 1. The normalized spacial score (nSPS) is 11.8. The third-order valence-corrected chi connectivity index (χ3v) is 2.65. The molecule has 0 atom stereocenters. The SMILES string of the molecule is O=S(=O)(OCCOCCO)c1ccco1. The van der Waals surface area contributed by atoms with Crippen molar-refractivity contribution in [2.75, 3.05) is 26.4 Å². The van der Waals surface area contributed by atoms with Crippen molar-refractivity contribution < 1.29 is 26.9 Å². The molecule has 1 aromatic rings. The van der Waals surface area contributed by atoms with E-state index in [-0.39, 0.29) is 31.5 Å². The summed E-state index contributed by atoms with van der Waals surface area (Å²) < 4.78 is 36.7.